The number of nitrogens with zero attached hydrogens (tertiary/aromatic N) is 3. The summed E-state index contributed by atoms with van der Waals surface area (Å²) in [5.41, 5.74) is 0.683. The molecule has 2 heterocycles. The molecule has 0 amide bonds. The summed E-state index contributed by atoms with van der Waals surface area (Å²) in [5, 5.41) is 23.4. The second-order valence-electron chi connectivity index (χ2n) is 13.0. The van der Waals surface area contributed by atoms with Crippen molar-refractivity contribution in [2.45, 2.75) is 76.0 Å². The lowest BCUT2D eigenvalue weighted by Crippen LogP contribution is -2.56. The lowest BCUT2D eigenvalue weighted by atomic mass is 9.93. The van der Waals surface area contributed by atoms with Crippen LogP contribution in [0.25, 0.3) is 0 Å². The van der Waals surface area contributed by atoms with Crippen LogP contribution in [0, 0.1) is 0 Å². The highest BCUT2D eigenvalue weighted by molar-refractivity contribution is 7.87. The molecule has 3 aromatic rings. The Morgan fingerprint density at radius 2 is 1.63 bits per heavy atom. The van der Waals surface area contributed by atoms with E-state index in [1.165, 1.54) is 20.3 Å². The molecule has 0 radical (unpaired) electrons. The number of ether oxygens (including phenoxy) is 3. The summed E-state index contributed by atoms with van der Waals surface area (Å²) in [4.78, 5) is 4.61. The Balaban J connectivity index is 1.70. The van der Waals surface area contributed by atoms with E-state index in [0.29, 0.717) is 5.45 Å². The van der Waals surface area contributed by atoms with Crippen LogP contribution in [0.2, 0.25) is 18.1 Å². The van der Waals surface area contributed by atoms with Crippen molar-refractivity contribution in [3.8, 4) is 0 Å². The third kappa shape index (κ3) is 6.96. The SMILES string of the molecule is CN(C)S(=O)(=O)n1c([C@@H](O)[C@@H]2OC[C@@](O)(COCc3ccccc3)[C@H]2OCc2ccccc2)cnc1[Si](C)(C)C(C)(C)C. The second kappa shape index (κ2) is 12.9. The first-order valence-corrected chi connectivity index (χ1v) is 18.8. The number of benzene rings is 2. The summed E-state index contributed by atoms with van der Waals surface area (Å²) < 4.78 is 48.0. The molecule has 10 nitrogen and oxygen atoms in total. The first-order chi connectivity index (χ1) is 20.1. The van der Waals surface area contributed by atoms with Gasteiger partial charge in [-0.2, -0.15) is 12.7 Å². The Morgan fingerprint density at radius 1 is 1.07 bits per heavy atom. The van der Waals surface area contributed by atoms with Gasteiger partial charge in [0.1, 0.15) is 37.4 Å². The third-order valence-corrected chi connectivity index (χ3v) is 15.7. The number of aliphatic hydroxyl groups excluding tert-OH is 1. The molecule has 0 aliphatic carbocycles. The summed E-state index contributed by atoms with van der Waals surface area (Å²) in [7, 11) is -3.70. The van der Waals surface area contributed by atoms with Gasteiger partial charge in [0.25, 0.3) is 0 Å². The summed E-state index contributed by atoms with van der Waals surface area (Å²) in [6.45, 7) is 10.5. The van der Waals surface area contributed by atoms with Gasteiger partial charge in [-0.05, 0) is 16.2 Å². The molecular formula is C31H45N3O7SSi. The Bertz CT molecular complexity index is 1460. The highest BCUT2D eigenvalue weighted by Crippen LogP contribution is 2.39. The molecule has 0 saturated carbocycles. The Labute approximate surface area is 256 Å². The fraction of sp³-hybridized carbons (Fsp3) is 0.516. The molecule has 2 aromatic carbocycles. The van der Waals surface area contributed by atoms with Gasteiger partial charge in [-0.3, -0.25) is 0 Å². The lowest BCUT2D eigenvalue weighted by Gasteiger charge is -2.37. The summed E-state index contributed by atoms with van der Waals surface area (Å²) in [6.07, 6.45) is -2.22. The molecule has 1 aliphatic rings. The molecule has 43 heavy (non-hydrogen) atoms. The number of hydrogen-bond donors (Lipinski definition) is 2. The van der Waals surface area contributed by atoms with Crippen molar-refractivity contribution in [2.24, 2.45) is 0 Å². The Hall–Kier alpha value is -2.42. The first-order valence-electron chi connectivity index (χ1n) is 14.4. The molecule has 4 rings (SSSR count). The molecule has 1 saturated heterocycles. The van der Waals surface area contributed by atoms with Crippen LogP contribution in [-0.4, -0.2) is 85.1 Å². The lowest BCUT2D eigenvalue weighted by molar-refractivity contribution is -0.142. The third-order valence-electron chi connectivity index (χ3n) is 8.58. The van der Waals surface area contributed by atoms with Gasteiger partial charge >= 0.3 is 10.2 Å². The van der Waals surface area contributed by atoms with E-state index in [1.807, 2.05) is 60.7 Å². The zero-order valence-corrected chi connectivity index (χ0v) is 27.9. The molecular weight excluding hydrogens is 587 g/mol. The molecule has 0 unspecified atom stereocenters. The minimum absolute atomic E-state index is 0.0568. The van der Waals surface area contributed by atoms with Crippen molar-refractivity contribution >= 4 is 23.7 Å². The van der Waals surface area contributed by atoms with Crippen LogP contribution in [-0.2, 0) is 37.6 Å². The van der Waals surface area contributed by atoms with Gasteiger partial charge < -0.3 is 24.4 Å². The molecule has 0 spiro atoms. The summed E-state index contributed by atoms with van der Waals surface area (Å²) >= 11 is 0. The molecule has 4 atom stereocenters. The predicted molar refractivity (Wildman–Crippen MR) is 168 cm³/mol. The van der Waals surface area contributed by atoms with Gasteiger partial charge in [-0.1, -0.05) is 94.5 Å². The van der Waals surface area contributed by atoms with Crippen LogP contribution in [0.1, 0.15) is 43.7 Å². The van der Waals surface area contributed by atoms with Crippen molar-refractivity contribution in [3.63, 3.8) is 0 Å². The molecule has 236 valence electrons. The maximum atomic E-state index is 13.7. The van der Waals surface area contributed by atoms with Gasteiger partial charge in [0.05, 0.1) is 38.3 Å². The fourth-order valence-electron chi connectivity index (χ4n) is 4.90. The van der Waals surface area contributed by atoms with Crippen LogP contribution >= 0.6 is 0 Å². The smallest absolute Gasteiger partial charge is 0.308 e. The Morgan fingerprint density at radius 3 is 2.16 bits per heavy atom. The molecule has 1 aliphatic heterocycles. The van der Waals surface area contributed by atoms with Crippen LogP contribution in [0.4, 0.5) is 0 Å². The van der Waals surface area contributed by atoms with Crippen LogP contribution < -0.4 is 5.45 Å². The van der Waals surface area contributed by atoms with Gasteiger partial charge in [-0.25, -0.2) is 8.96 Å². The molecule has 0 bridgehead atoms. The largest absolute Gasteiger partial charge is 0.384 e. The van der Waals surface area contributed by atoms with Gasteiger partial charge in [0.2, 0.25) is 0 Å². The van der Waals surface area contributed by atoms with Crippen molar-refractivity contribution in [2.75, 3.05) is 27.3 Å². The van der Waals surface area contributed by atoms with Crippen molar-refractivity contribution in [1.82, 2.24) is 13.3 Å². The van der Waals surface area contributed by atoms with Crippen LogP contribution in [0.5, 0.6) is 0 Å². The number of imidazole rings is 1. The highest BCUT2D eigenvalue weighted by Gasteiger charge is 2.54. The van der Waals surface area contributed by atoms with Gasteiger partial charge in [0, 0.05) is 14.1 Å². The summed E-state index contributed by atoms with van der Waals surface area (Å²) in [5.74, 6) is 0. The zero-order chi connectivity index (χ0) is 31.6. The van der Waals surface area contributed by atoms with Crippen molar-refractivity contribution < 1.29 is 32.8 Å². The molecule has 2 N–H and O–H groups in total. The van der Waals surface area contributed by atoms with Crippen LogP contribution in [0.3, 0.4) is 0 Å². The predicted octanol–water partition coefficient (Wildman–Crippen LogP) is 3.22. The van der Waals surface area contributed by atoms with E-state index in [1.54, 1.807) is 0 Å². The topological polar surface area (TPSA) is 123 Å². The average Bonchev–Trinajstić information content (AvgIpc) is 3.55. The van der Waals surface area contributed by atoms with E-state index in [-0.39, 0.29) is 37.2 Å². The normalized spacial score (nSPS) is 22.3. The Kier molecular flexibility index (Phi) is 10.0. The molecule has 12 heteroatoms. The van der Waals surface area contributed by atoms with E-state index in [2.05, 4.69) is 38.8 Å². The van der Waals surface area contributed by atoms with Crippen molar-refractivity contribution in [1.29, 1.82) is 0 Å². The van der Waals surface area contributed by atoms with E-state index in [9.17, 15) is 18.6 Å². The van der Waals surface area contributed by atoms with Gasteiger partial charge in [0.15, 0.2) is 0 Å². The van der Waals surface area contributed by atoms with Crippen LogP contribution in [0.15, 0.2) is 66.9 Å². The number of rotatable bonds is 12. The monoisotopic (exact) mass is 631 g/mol. The van der Waals surface area contributed by atoms with E-state index in [0.717, 1.165) is 19.4 Å². The van der Waals surface area contributed by atoms with E-state index >= 15 is 0 Å². The number of aromatic nitrogens is 2. The van der Waals surface area contributed by atoms with Crippen molar-refractivity contribution in [3.05, 3.63) is 83.7 Å². The minimum atomic E-state index is -4.08. The minimum Gasteiger partial charge on any atom is -0.384 e. The maximum absolute atomic E-state index is 13.7. The fourth-order valence-corrected chi connectivity index (χ4v) is 8.64. The zero-order valence-electron chi connectivity index (χ0n) is 26.1. The number of hydrogen-bond acceptors (Lipinski definition) is 8. The quantitative estimate of drug-likeness (QED) is 0.292. The average molecular weight is 632 g/mol. The second-order valence-corrected chi connectivity index (χ2v) is 20.1. The first kappa shape index (κ1) is 33.5. The standard InChI is InChI=1S/C31H45N3O7SSi/c1-30(2,3)43(6,7)29-32-18-25(34(29)42(37,38)33(4)5)26(35)27-28(40-20-24-16-12-9-13-17-24)31(36,22-41-27)21-39-19-23-14-10-8-11-15-23/h8-18,26-28,35-36H,19-22H2,1-7H3/t26-,27+,28+,31+/m1/s1. The molecule has 1 fully saturated rings. The maximum Gasteiger partial charge on any atom is 0.308 e. The van der Waals surface area contributed by atoms with E-state index in [4.69, 9.17) is 14.2 Å². The van der Waals surface area contributed by atoms with E-state index < -0.39 is 42.2 Å². The summed E-state index contributed by atoms with van der Waals surface area (Å²) in [6, 6.07) is 19.1. The van der Waals surface area contributed by atoms with Gasteiger partial charge in [-0.15, -0.1) is 0 Å². The number of aliphatic hydroxyl groups is 2. The molecule has 1 aromatic heterocycles. The highest BCUT2D eigenvalue weighted by atomic mass is 32.2.